The maximum Gasteiger partial charge on any atom is 0.263 e. The summed E-state index contributed by atoms with van der Waals surface area (Å²) in [7, 11) is 0. The van der Waals surface area contributed by atoms with Crippen molar-refractivity contribution in [2.45, 2.75) is 26.2 Å². The zero-order valence-electron chi connectivity index (χ0n) is 22.0. The molecule has 3 aromatic carbocycles. The van der Waals surface area contributed by atoms with E-state index in [1.807, 2.05) is 47.4 Å². The Bertz CT molecular complexity index is 1590. The molecule has 2 aromatic heterocycles. The van der Waals surface area contributed by atoms with Gasteiger partial charge < -0.3 is 19.1 Å². The zero-order valence-corrected chi connectivity index (χ0v) is 22.0. The van der Waals surface area contributed by atoms with Crippen LogP contribution in [0.15, 0.2) is 77.3 Å². The van der Waals surface area contributed by atoms with Crippen molar-refractivity contribution in [3.63, 3.8) is 0 Å². The molecule has 198 valence electrons. The summed E-state index contributed by atoms with van der Waals surface area (Å²) < 4.78 is 11.5. The SMILES string of the molecule is CCCCc1nc(N2CCN(C(=O)COc3ccccc3)CC2)c2c(-c3ccc4ccccc4c3)noc2n1. The molecule has 1 fully saturated rings. The lowest BCUT2D eigenvalue weighted by molar-refractivity contribution is -0.133. The highest BCUT2D eigenvalue weighted by Gasteiger charge is 2.27. The molecule has 5 aromatic rings. The minimum absolute atomic E-state index is 0.0168. The van der Waals surface area contributed by atoms with E-state index in [1.165, 1.54) is 5.39 Å². The first-order valence-electron chi connectivity index (χ1n) is 13.6. The van der Waals surface area contributed by atoms with Crippen LogP contribution >= 0.6 is 0 Å². The Hall–Kier alpha value is -4.46. The number of aromatic nitrogens is 3. The van der Waals surface area contributed by atoms with Crippen molar-refractivity contribution in [2.75, 3.05) is 37.7 Å². The third-order valence-corrected chi connectivity index (χ3v) is 7.18. The predicted octanol–water partition coefficient (Wildman–Crippen LogP) is 5.51. The topological polar surface area (TPSA) is 84.6 Å². The normalized spacial score (nSPS) is 13.8. The van der Waals surface area contributed by atoms with Crippen LogP contribution in [0.5, 0.6) is 5.75 Å². The number of ether oxygens (including phenoxy) is 1. The first kappa shape index (κ1) is 24.9. The van der Waals surface area contributed by atoms with Crippen molar-refractivity contribution in [1.82, 2.24) is 20.0 Å². The molecule has 0 atom stereocenters. The number of carbonyl (C=O) groups excluding carboxylic acids is 1. The molecule has 8 nitrogen and oxygen atoms in total. The van der Waals surface area contributed by atoms with Crippen LogP contribution in [0, 0.1) is 0 Å². The van der Waals surface area contributed by atoms with E-state index in [2.05, 4.69) is 47.3 Å². The molecule has 1 amide bonds. The number of fused-ring (bicyclic) bond motifs is 2. The number of aryl methyl sites for hydroxylation is 1. The maximum absolute atomic E-state index is 12.8. The van der Waals surface area contributed by atoms with Gasteiger partial charge in [0.15, 0.2) is 6.61 Å². The van der Waals surface area contributed by atoms with Gasteiger partial charge in [-0.2, -0.15) is 4.98 Å². The van der Waals surface area contributed by atoms with Crippen molar-refractivity contribution in [1.29, 1.82) is 0 Å². The first-order chi connectivity index (χ1) is 19.2. The number of hydrogen-bond acceptors (Lipinski definition) is 7. The molecule has 0 bridgehead atoms. The third-order valence-electron chi connectivity index (χ3n) is 7.18. The van der Waals surface area contributed by atoms with Crippen LogP contribution in [-0.2, 0) is 11.2 Å². The van der Waals surface area contributed by atoms with Crippen LogP contribution < -0.4 is 9.64 Å². The Labute approximate surface area is 227 Å². The van der Waals surface area contributed by atoms with Gasteiger partial charge in [-0.15, -0.1) is 0 Å². The maximum atomic E-state index is 12.8. The molecule has 0 aliphatic carbocycles. The number of para-hydroxylation sites is 1. The van der Waals surface area contributed by atoms with Crippen LogP contribution in [-0.4, -0.2) is 58.7 Å². The van der Waals surface area contributed by atoms with Crippen LogP contribution in [0.3, 0.4) is 0 Å². The van der Waals surface area contributed by atoms with Crippen LogP contribution in [0.2, 0.25) is 0 Å². The molecule has 8 heteroatoms. The lowest BCUT2D eigenvalue weighted by atomic mass is 10.0. The fraction of sp³-hybridized carbons (Fsp3) is 0.290. The highest BCUT2D eigenvalue weighted by atomic mass is 16.5. The monoisotopic (exact) mass is 521 g/mol. The number of amides is 1. The van der Waals surface area contributed by atoms with Crippen molar-refractivity contribution < 1.29 is 14.1 Å². The first-order valence-corrected chi connectivity index (χ1v) is 13.6. The molecule has 3 heterocycles. The molecule has 1 aliphatic rings. The van der Waals surface area contributed by atoms with E-state index in [0.717, 1.165) is 52.9 Å². The average molecular weight is 522 g/mol. The molecule has 0 saturated carbocycles. The second kappa shape index (κ2) is 11.1. The van der Waals surface area contributed by atoms with Crippen molar-refractivity contribution in [2.24, 2.45) is 0 Å². The molecule has 1 aliphatic heterocycles. The fourth-order valence-electron chi connectivity index (χ4n) is 5.01. The summed E-state index contributed by atoms with van der Waals surface area (Å²) in [6, 6.07) is 24.0. The van der Waals surface area contributed by atoms with Gasteiger partial charge >= 0.3 is 0 Å². The number of carbonyl (C=O) groups is 1. The van der Waals surface area contributed by atoms with Gasteiger partial charge in [0.2, 0.25) is 0 Å². The molecule has 0 radical (unpaired) electrons. The minimum Gasteiger partial charge on any atom is -0.484 e. The van der Waals surface area contributed by atoms with Gasteiger partial charge in [-0.1, -0.05) is 73.1 Å². The van der Waals surface area contributed by atoms with Crippen LogP contribution in [0.1, 0.15) is 25.6 Å². The Morgan fingerprint density at radius 3 is 2.49 bits per heavy atom. The summed E-state index contributed by atoms with van der Waals surface area (Å²) in [5.74, 6) is 2.26. The largest absolute Gasteiger partial charge is 0.484 e. The predicted molar refractivity (Wildman–Crippen MR) is 152 cm³/mol. The van der Waals surface area contributed by atoms with Gasteiger partial charge in [0.25, 0.3) is 11.6 Å². The summed E-state index contributed by atoms with van der Waals surface area (Å²) in [6.45, 7) is 4.66. The fourth-order valence-corrected chi connectivity index (χ4v) is 5.01. The third kappa shape index (κ3) is 5.27. The number of piperazine rings is 1. The van der Waals surface area contributed by atoms with Crippen molar-refractivity contribution in [3.05, 3.63) is 78.6 Å². The summed E-state index contributed by atoms with van der Waals surface area (Å²) in [5, 5.41) is 7.59. The average Bonchev–Trinajstić information content (AvgIpc) is 3.43. The molecular weight excluding hydrogens is 490 g/mol. The van der Waals surface area contributed by atoms with E-state index in [1.54, 1.807) is 0 Å². The quantitative estimate of drug-likeness (QED) is 0.266. The smallest absolute Gasteiger partial charge is 0.263 e. The Kier molecular flexibility index (Phi) is 7.08. The molecule has 0 N–H and O–H groups in total. The minimum atomic E-state index is -0.0168. The summed E-state index contributed by atoms with van der Waals surface area (Å²) in [6.07, 6.45) is 2.84. The van der Waals surface area contributed by atoms with Crippen LogP contribution in [0.4, 0.5) is 5.82 Å². The summed E-state index contributed by atoms with van der Waals surface area (Å²) in [4.78, 5) is 26.7. The van der Waals surface area contributed by atoms with Gasteiger partial charge in [0.1, 0.15) is 28.5 Å². The van der Waals surface area contributed by atoms with E-state index < -0.39 is 0 Å². The standard InChI is InChI=1S/C31H31N5O3/c1-2-3-13-26-32-30(36-18-16-35(17-19-36)27(37)21-38-25-11-5-4-6-12-25)28-29(34-39-31(28)33-26)24-15-14-22-9-7-8-10-23(22)20-24/h4-12,14-15,20H,2-3,13,16-19,21H2,1H3. The van der Waals surface area contributed by atoms with Crippen LogP contribution in [0.25, 0.3) is 33.1 Å². The van der Waals surface area contributed by atoms with E-state index in [4.69, 9.17) is 19.2 Å². The Balaban J connectivity index is 1.27. The van der Waals surface area contributed by atoms with E-state index in [0.29, 0.717) is 37.6 Å². The number of benzene rings is 3. The molecule has 6 rings (SSSR count). The zero-order chi connectivity index (χ0) is 26.6. The lowest BCUT2D eigenvalue weighted by Crippen LogP contribution is -2.50. The number of anilines is 1. The number of hydrogen-bond donors (Lipinski definition) is 0. The Morgan fingerprint density at radius 1 is 0.923 bits per heavy atom. The Morgan fingerprint density at radius 2 is 1.69 bits per heavy atom. The lowest BCUT2D eigenvalue weighted by Gasteiger charge is -2.35. The van der Waals surface area contributed by atoms with Crippen molar-refractivity contribution in [3.8, 4) is 17.0 Å². The summed E-state index contributed by atoms with van der Waals surface area (Å²) >= 11 is 0. The van der Waals surface area contributed by atoms with Crippen molar-refractivity contribution >= 4 is 33.6 Å². The van der Waals surface area contributed by atoms with E-state index in [-0.39, 0.29) is 12.5 Å². The second-order valence-corrected chi connectivity index (χ2v) is 9.81. The number of unbranched alkanes of at least 4 members (excludes halogenated alkanes) is 1. The second-order valence-electron chi connectivity index (χ2n) is 9.81. The van der Waals surface area contributed by atoms with E-state index in [9.17, 15) is 4.79 Å². The number of rotatable bonds is 8. The van der Waals surface area contributed by atoms with Gasteiger partial charge in [-0.25, -0.2) is 4.98 Å². The van der Waals surface area contributed by atoms with E-state index >= 15 is 0 Å². The van der Waals surface area contributed by atoms with Gasteiger partial charge in [-0.3, -0.25) is 4.79 Å². The molecule has 0 unspecified atom stereocenters. The van der Waals surface area contributed by atoms with Gasteiger partial charge in [-0.05, 0) is 35.4 Å². The number of nitrogens with zero attached hydrogens (tertiary/aromatic N) is 5. The van der Waals surface area contributed by atoms with Gasteiger partial charge in [0.05, 0.1) is 0 Å². The van der Waals surface area contributed by atoms with Gasteiger partial charge in [0, 0.05) is 38.2 Å². The highest BCUT2D eigenvalue weighted by Crippen LogP contribution is 2.35. The molecule has 39 heavy (non-hydrogen) atoms. The molecule has 0 spiro atoms. The summed E-state index contributed by atoms with van der Waals surface area (Å²) in [5.41, 5.74) is 2.21. The molecule has 1 saturated heterocycles. The highest BCUT2D eigenvalue weighted by molar-refractivity contribution is 6.00. The molecular formula is C31H31N5O3.